The SMILES string of the molecule is FC(F)(F)c1ccc(Cn2cnc3c(NC4CCN(Cc5ccccc5)CC4)nc(-c4cccs4)nc32)cc1. The normalized spacial score (nSPS) is 15.2. The minimum absolute atomic E-state index is 0.256. The molecule has 0 unspecified atom stereocenters. The number of imidazole rings is 1. The molecule has 0 amide bonds. The summed E-state index contributed by atoms with van der Waals surface area (Å²) >= 11 is 1.56. The highest BCUT2D eigenvalue weighted by molar-refractivity contribution is 7.13. The monoisotopic (exact) mass is 548 g/mol. The first-order chi connectivity index (χ1) is 18.9. The van der Waals surface area contributed by atoms with Gasteiger partial charge in [0.1, 0.15) is 5.52 Å². The van der Waals surface area contributed by atoms with Crippen LogP contribution in [0.2, 0.25) is 0 Å². The predicted octanol–water partition coefficient (Wildman–Crippen LogP) is 6.70. The summed E-state index contributed by atoms with van der Waals surface area (Å²) in [5, 5.41) is 5.62. The Morgan fingerprint density at radius 3 is 2.31 bits per heavy atom. The molecule has 200 valence electrons. The fourth-order valence-corrected chi connectivity index (χ4v) is 5.60. The van der Waals surface area contributed by atoms with Gasteiger partial charge in [0.2, 0.25) is 0 Å². The summed E-state index contributed by atoms with van der Waals surface area (Å²) in [4.78, 5) is 17.7. The van der Waals surface area contributed by atoms with Crippen LogP contribution in [0.25, 0.3) is 21.9 Å². The van der Waals surface area contributed by atoms with Crippen LogP contribution in [0.5, 0.6) is 0 Å². The van der Waals surface area contributed by atoms with Gasteiger partial charge in [-0.3, -0.25) is 4.90 Å². The van der Waals surface area contributed by atoms with Crippen LogP contribution in [0.15, 0.2) is 78.4 Å². The summed E-state index contributed by atoms with van der Waals surface area (Å²) in [6, 6.07) is 19.9. The number of nitrogens with one attached hydrogen (secondary N) is 1. The number of fused-ring (bicyclic) bond motifs is 1. The van der Waals surface area contributed by atoms with E-state index >= 15 is 0 Å². The topological polar surface area (TPSA) is 58.9 Å². The zero-order valence-electron chi connectivity index (χ0n) is 21.1. The van der Waals surface area contributed by atoms with Crippen molar-refractivity contribution >= 4 is 28.3 Å². The number of aromatic nitrogens is 4. The first kappa shape index (κ1) is 25.5. The molecule has 4 heterocycles. The summed E-state index contributed by atoms with van der Waals surface area (Å²) in [6.45, 7) is 3.27. The molecule has 1 fully saturated rings. The number of thiophene rings is 1. The van der Waals surface area contributed by atoms with Crippen molar-refractivity contribution in [1.29, 1.82) is 0 Å². The number of hydrogen-bond donors (Lipinski definition) is 1. The first-order valence-corrected chi connectivity index (χ1v) is 13.8. The fraction of sp³-hybridized carbons (Fsp3) is 0.276. The number of piperidine rings is 1. The number of anilines is 1. The molecule has 0 radical (unpaired) electrons. The Bertz CT molecular complexity index is 1520. The summed E-state index contributed by atoms with van der Waals surface area (Å²) in [5.74, 6) is 1.30. The highest BCUT2D eigenvalue weighted by atomic mass is 32.1. The third-order valence-corrected chi connectivity index (χ3v) is 7.88. The van der Waals surface area contributed by atoms with Gasteiger partial charge in [-0.25, -0.2) is 15.0 Å². The maximum atomic E-state index is 13.0. The standard InChI is InChI=1S/C29H27F3N6S/c30-29(31,32)22-10-8-21(9-11-22)18-38-19-33-25-27(35-26(36-28(25)38)24-7-4-16-39-24)34-23-12-14-37(15-13-23)17-20-5-2-1-3-6-20/h1-11,16,19,23H,12-15,17-18H2,(H,34,35,36). The van der Waals surface area contributed by atoms with Gasteiger partial charge < -0.3 is 9.88 Å². The molecule has 0 bridgehead atoms. The zero-order valence-corrected chi connectivity index (χ0v) is 21.9. The number of alkyl halides is 3. The molecule has 5 aromatic rings. The van der Waals surface area contributed by atoms with E-state index in [9.17, 15) is 13.2 Å². The maximum absolute atomic E-state index is 13.0. The van der Waals surface area contributed by atoms with Crippen LogP contribution in [0, 0.1) is 0 Å². The van der Waals surface area contributed by atoms with Gasteiger partial charge in [0.05, 0.1) is 23.3 Å². The van der Waals surface area contributed by atoms with Gasteiger partial charge in [-0.05, 0) is 47.5 Å². The third kappa shape index (κ3) is 5.81. The fourth-order valence-electron chi connectivity index (χ4n) is 4.94. The molecular formula is C29H27F3N6S. The minimum atomic E-state index is -4.36. The molecule has 1 N–H and O–H groups in total. The van der Waals surface area contributed by atoms with E-state index in [2.05, 4.69) is 39.5 Å². The van der Waals surface area contributed by atoms with Crippen LogP contribution in [-0.2, 0) is 19.3 Å². The van der Waals surface area contributed by atoms with Gasteiger partial charge in [0, 0.05) is 25.7 Å². The number of nitrogens with zero attached hydrogens (tertiary/aromatic N) is 5. The molecule has 0 aliphatic carbocycles. The van der Waals surface area contributed by atoms with E-state index in [-0.39, 0.29) is 6.04 Å². The zero-order chi connectivity index (χ0) is 26.8. The van der Waals surface area contributed by atoms with E-state index < -0.39 is 11.7 Å². The van der Waals surface area contributed by atoms with Crippen LogP contribution in [0.3, 0.4) is 0 Å². The van der Waals surface area contributed by atoms with Crippen LogP contribution in [-0.4, -0.2) is 43.6 Å². The second kappa shape index (κ2) is 10.8. The Hall–Kier alpha value is -3.76. The molecule has 10 heteroatoms. The van der Waals surface area contributed by atoms with Crippen LogP contribution in [0.1, 0.15) is 29.5 Å². The molecule has 2 aromatic carbocycles. The molecule has 3 aromatic heterocycles. The third-order valence-electron chi connectivity index (χ3n) is 7.02. The highest BCUT2D eigenvalue weighted by Gasteiger charge is 2.30. The summed E-state index contributed by atoms with van der Waals surface area (Å²) in [7, 11) is 0. The van der Waals surface area contributed by atoms with Gasteiger partial charge in [0.15, 0.2) is 17.3 Å². The van der Waals surface area contributed by atoms with Crippen LogP contribution in [0.4, 0.5) is 19.0 Å². The molecule has 1 saturated heterocycles. The van der Waals surface area contributed by atoms with E-state index in [1.807, 2.05) is 28.1 Å². The summed E-state index contributed by atoms with van der Waals surface area (Å²) in [5.41, 5.74) is 2.70. The smallest absolute Gasteiger partial charge is 0.365 e. The van der Waals surface area contributed by atoms with Gasteiger partial charge >= 0.3 is 6.18 Å². The maximum Gasteiger partial charge on any atom is 0.416 e. The Morgan fingerprint density at radius 1 is 0.872 bits per heavy atom. The number of halogens is 3. The van der Waals surface area contributed by atoms with Gasteiger partial charge in [-0.2, -0.15) is 13.2 Å². The van der Waals surface area contributed by atoms with Crippen molar-refractivity contribution in [3.05, 3.63) is 95.1 Å². The molecule has 0 spiro atoms. The van der Waals surface area contributed by atoms with E-state index in [1.165, 1.54) is 17.7 Å². The van der Waals surface area contributed by atoms with Crippen molar-refractivity contribution in [2.75, 3.05) is 18.4 Å². The predicted molar refractivity (Wildman–Crippen MR) is 148 cm³/mol. The van der Waals surface area contributed by atoms with Gasteiger partial charge in [-0.1, -0.05) is 48.5 Å². The second-order valence-electron chi connectivity index (χ2n) is 9.79. The lowest BCUT2D eigenvalue weighted by molar-refractivity contribution is -0.137. The van der Waals surface area contributed by atoms with Crippen molar-refractivity contribution in [3.8, 4) is 10.7 Å². The van der Waals surface area contributed by atoms with Gasteiger partial charge in [-0.15, -0.1) is 11.3 Å². The quantitative estimate of drug-likeness (QED) is 0.245. The average molecular weight is 549 g/mol. The Balaban J connectivity index is 1.23. The number of rotatable bonds is 7. The highest BCUT2D eigenvalue weighted by Crippen LogP contribution is 2.31. The first-order valence-electron chi connectivity index (χ1n) is 12.9. The molecule has 39 heavy (non-hydrogen) atoms. The number of likely N-dealkylation sites (tertiary alicyclic amines) is 1. The van der Waals surface area contributed by atoms with Crippen molar-refractivity contribution < 1.29 is 13.2 Å². The van der Waals surface area contributed by atoms with Gasteiger partial charge in [0.25, 0.3) is 0 Å². The van der Waals surface area contributed by atoms with Crippen molar-refractivity contribution in [2.45, 2.75) is 38.1 Å². The number of hydrogen-bond acceptors (Lipinski definition) is 6. The average Bonchev–Trinajstić information content (AvgIpc) is 3.61. The molecule has 1 aliphatic heterocycles. The van der Waals surface area contributed by atoms with Crippen molar-refractivity contribution in [1.82, 2.24) is 24.4 Å². The Morgan fingerprint density at radius 2 is 1.62 bits per heavy atom. The molecule has 6 nitrogen and oxygen atoms in total. The Kier molecular flexibility index (Phi) is 7.05. The summed E-state index contributed by atoms with van der Waals surface area (Å²) < 4.78 is 40.9. The number of benzene rings is 2. The molecule has 0 saturated carbocycles. The lowest BCUT2D eigenvalue weighted by atomic mass is 10.0. The minimum Gasteiger partial charge on any atom is -0.365 e. The van der Waals surface area contributed by atoms with E-state index in [1.54, 1.807) is 17.7 Å². The molecule has 6 rings (SSSR count). The summed E-state index contributed by atoms with van der Waals surface area (Å²) in [6.07, 6.45) is -0.706. The van der Waals surface area contributed by atoms with E-state index in [4.69, 9.17) is 9.97 Å². The van der Waals surface area contributed by atoms with Crippen molar-refractivity contribution in [2.24, 2.45) is 0 Å². The molecule has 0 atom stereocenters. The lowest BCUT2D eigenvalue weighted by Gasteiger charge is -2.32. The molecule has 1 aliphatic rings. The Labute approximate surface area is 228 Å². The second-order valence-corrected chi connectivity index (χ2v) is 10.7. The van der Waals surface area contributed by atoms with Crippen LogP contribution < -0.4 is 5.32 Å². The van der Waals surface area contributed by atoms with E-state index in [0.29, 0.717) is 29.4 Å². The van der Waals surface area contributed by atoms with E-state index in [0.717, 1.165) is 55.0 Å². The molecular weight excluding hydrogens is 521 g/mol. The lowest BCUT2D eigenvalue weighted by Crippen LogP contribution is -2.38. The van der Waals surface area contributed by atoms with Crippen LogP contribution >= 0.6 is 11.3 Å². The largest absolute Gasteiger partial charge is 0.416 e. The van der Waals surface area contributed by atoms with Crippen molar-refractivity contribution in [3.63, 3.8) is 0 Å².